The standard InChI is InChI=1S/C42H43ClFN9O6/c1-45-33-8-7-25(17-31(33)43)59-24-5-3-23(4-6-24)46-39(55)34-9-11-37(49-48-34)51-14-2-13-50(15-16-51)20-28-29-21-52(22-30(28)29)36-19-27-26(18-32(36)44)41(57)53(42(27)58)35-10-12-38(54)47-40(35)56/h7-9,11,17-19,23-24,28-30,35H,2-6,10,12-16,20-22H2,(H,46,55)(H,47,54,56)/t23?,24?,28?,29-,30+,35?. The van der Waals surface area contributed by atoms with Gasteiger partial charge in [-0.05, 0) is 99.2 Å². The SMILES string of the molecule is [C-]#[N+]c1ccc(OC2CCC(NC(=O)c3ccc(N4CCCN(CC5[C@H]6CN(c7cc8c(cc7F)C(=O)N(C7CCC(=O)NC7=O)C8=O)C[C@@H]56)CC4)nn3)CC2)cc1Cl. The molecule has 306 valence electrons. The number of carbonyl (C=O) groups excluding carboxylic acids is 5. The van der Waals surface area contributed by atoms with Crippen LogP contribution in [0, 0.1) is 30.1 Å². The quantitative estimate of drug-likeness (QED) is 0.235. The van der Waals surface area contributed by atoms with E-state index in [1.54, 1.807) is 24.3 Å². The number of amides is 5. The van der Waals surface area contributed by atoms with E-state index in [1.807, 2.05) is 11.0 Å². The van der Waals surface area contributed by atoms with Gasteiger partial charge in [0.1, 0.15) is 17.6 Å². The number of ether oxygens (including phenoxy) is 1. The van der Waals surface area contributed by atoms with E-state index >= 15 is 4.39 Å². The van der Waals surface area contributed by atoms with Gasteiger partial charge in [-0.2, -0.15) is 0 Å². The van der Waals surface area contributed by atoms with Crippen molar-refractivity contribution < 1.29 is 33.1 Å². The maximum absolute atomic E-state index is 15.5. The highest BCUT2D eigenvalue weighted by Gasteiger charge is 2.56. The summed E-state index contributed by atoms with van der Waals surface area (Å²) in [5.41, 5.74) is 0.986. The Morgan fingerprint density at radius 2 is 1.68 bits per heavy atom. The molecule has 6 aliphatic rings. The van der Waals surface area contributed by atoms with Crippen LogP contribution < -0.4 is 25.2 Å². The summed E-state index contributed by atoms with van der Waals surface area (Å²) in [6.45, 7) is 12.8. The number of carbonyl (C=O) groups is 5. The average Bonchev–Trinajstić information content (AvgIpc) is 3.66. The Labute approximate surface area is 345 Å². The summed E-state index contributed by atoms with van der Waals surface area (Å²) in [6, 6.07) is 10.1. The molecule has 9 rings (SSSR count). The molecule has 5 fully saturated rings. The zero-order valence-electron chi connectivity index (χ0n) is 32.2. The molecule has 2 aromatic carbocycles. The third kappa shape index (κ3) is 7.69. The molecule has 3 aromatic rings. The number of nitrogens with zero attached hydrogens (tertiary/aromatic N) is 7. The van der Waals surface area contributed by atoms with Gasteiger partial charge in [0.25, 0.3) is 17.7 Å². The van der Waals surface area contributed by atoms with Crippen molar-refractivity contribution in [2.45, 2.75) is 63.1 Å². The minimum atomic E-state index is -1.10. The molecule has 0 spiro atoms. The summed E-state index contributed by atoms with van der Waals surface area (Å²) in [6.07, 6.45) is 4.13. The summed E-state index contributed by atoms with van der Waals surface area (Å²) in [7, 11) is 0. The minimum Gasteiger partial charge on any atom is -0.490 e. The molecule has 17 heteroatoms. The van der Waals surface area contributed by atoms with Crippen LogP contribution in [0.15, 0.2) is 42.5 Å². The minimum absolute atomic E-state index is 0.0102. The van der Waals surface area contributed by atoms with Crippen molar-refractivity contribution in [1.29, 1.82) is 0 Å². The number of fused-ring (bicyclic) bond motifs is 2. The summed E-state index contributed by atoms with van der Waals surface area (Å²) in [5, 5.41) is 14.4. The highest BCUT2D eigenvalue weighted by Crippen LogP contribution is 2.53. The predicted octanol–water partition coefficient (Wildman–Crippen LogP) is 4.24. The van der Waals surface area contributed by atoms with Gasteiger partial charge < -0.3 is 24.8 Å². The van der Waals surface area contributed by atoms with Crippen LogP contribution in [0.5, 0.6) is 5.75 Å². The molecule has 3 saturated heterocycles. The number of anilines is 2. The van der Waals surface area contributed by atoms with Crippen LogP contribution in [0.4, 0.5) is 21.6 Å². The highest BCUT2D eigenvalue weighted by atomic mass is 35.5. The van der Waals surface area contributed by atoms with Crippen molar-refractivity contribution in [2.75, 3.05) is 55.6 Å². The van der Waals surface area contributed by atoms with Gasteiger partial charge in [-0.25, -0.2) is 9.24 Å². The van der Waals surface area contributed by atoms with Crippen LogP contribution in [0.1, 0.15) is 76.2 Å². The fraction of sp³-hybridized carbons (Fsp3) is 0.476. The topological polar surface area (TPSA) is 162 Å². The van der Waals surface area contributed by atoms with E-state index < -0.39 is 35.5 Å². The van der Waals surface area contributed by atoms with Crippen LogP contribution in [0.25, 0.3) is 4.85 Å². The third-order valence-electron chi connectivity index (χ3n) is 12.8. The number of piperidine rings is 2. The Morgan fingerprint density at radius 3 is 2.37 bits per heavy atom. The van der Waals surface area contributed by atoms with Crippen LogP contribution in [-0.4, -0.2) is 114 Å². The molecule has 5 heterocycles. The first-order valence-corrected chi connectivity index (χ1v) is 20.7. The first-order valence-electron chi connectivity index (χ1n) is 20.3. The summed E-state index contributed by atoms with van der Waals surface area (Å²) in [5.74, 6) is -0.656. The van der Waals surface area contributed by atoms with Crippen molar-refractivity contribution in [2.24, 2.45) is 17.8 Å². The fourth-order valence-corrected chi connectivity index (χ4v) is 9.78. The smallest absolute Gasteiger partial charge is 0.272 e. The number of benzene rings is 2. The number of rotatable bonds is 9. The lowest BCUT2D eigenvalue weighted by molar-refractivity contribution is -0.136. The van der Waals surface area contributed by atoms with E-state index in [-0.39, 0.29) is 53.4 Å². The maximum atomic E-state index is 15.5. The Hall–Kier alpha value is -5.66. The number of aromatic nitrogens is 2. The average molecular weight is 824 g/mol. The highest BCUT2D eigenvalue weighted by molar-refractivity contribution is 6.33. The fourth-order valence-electron chi connectivity index (χ4n) is 9.56. The molecule has 2 saturated carbocycles. The molecule has 4 atom stereocenters. The van der Waals surface area contributed by atoms with Crippen LogP contribution in [0.2, 0.25) is 5.02 Å². The van der Waals surface area contributed by atoms with E-state index in [2.05, 4.69) is 35.5 Å². The second-order valence-corrected chi connectivity index (χ2v) is 16.8. The van der Waals surface area contributed by atoms with Crippen molar-refractivity contribution in [3.63, 3.8) is 0 Å². The van der Waals surface area contributed by atoms with Gasteiger partial charge >= 0.3 is 0 Å². The van der Waals surface area contributed by atoms with E-state index in [4.69, 9.17) is 22.9 Å². The van der Waals surface area contributed by atoms with Crippen molar-refractivity contribution >= 4 is 58.3 Å². The van der Waals surface area contributed by atoms with Crippen LogP contribution in [-0.2, 0) is 9.59 Å². The molecule has 4 aliphatic heterocycles. The van der Waals surface area contributed by atoms with Gasteiger partial charge in [-0.15, -0.1) is 10.2 Å². The molecule has 2 unspecified atom stereocenters. The van der Waals surface area contributed by atoms with Crippen molar-refractivity contribution in [3.8, 4) is 5.75 Å². The Morgan fingerprint density at radius 1 is 0.915 bits per heavy atom. The number of halogens is 2. The lowest BCUT2D eigenvalue weighted by Crippen LogP contribution is -2.54. The normalized spacial score (nSPS) is 26.8. The number of nitrogens with one attached hydrogen (secondary N) is 2. The lowest BCUT2D eigenvalue weighted by Gasteiger charge is -2.29. The molecular formula is C42H43ClFN9O6. The van der Waals surface area contributed by atoms with Gasteiger partial charge in [0.2, 0.25) is 17.5 Å². The second kappa shape index (κ2) is 15.8. The molecular weight excluding hydrogens is 781 g/mol. The number of hydrogen-bond donors (Lipinski definition) is 2. The Kier molecular flexibility index (Phi) is 10.4. The van der Waals surface area contributed by atoms with Gasteiger partial charge in [0.15, 0.2) is 11.5 Å². The molecule has 5 amide bonds. The first kappa shape index (κ1) is 38.8. The number of imide groups is 2. The van der Waals surface area contributed by atoms with Gasteiger partial charge in [-0.1, -0.05) is 17.7 Å². The van der Waals surface area contributed by atoms with Gasteiger partial charge in [-0.3, -0.25) is 34.2 Å². The first-order chi connectivity index (χ1) is 28.5. The lowest BCUT2D eigenvalue weighted by atomic mass is 9.93. The molecule has 1 aromatic heterocycles. The summed E-state index contributed by atoms with van der Waals surface area (Å²) in [4.78, 5) is 74.4. The molecule has 0 bridgehead atoms. The summed E-state index contributed by atoms with van der Waals surface area (Å²) >= 11 is 6.15. The van der Waals surface area contributed by atoms with Gasteiger partial charge in [0.05, 0.1) is 34.5 Å². The van der Waals surface area contributed by atoms with Gasteiger partial charge in [0, 0.05) is 51.7 Å². The Balaban J connectivity index is 0.723. The third-order valence-corrected chi connectivity index (χ3v) is 13.1. The van der Waals surface area contributed by atoms with Crippen molar-refractivity contribution in [1.82, 2.24) is 30.6 Å². The predicted molar refractivity (Wildman–Crippen MR) is 213 cm³/mol. The van der Waals surface area contributed by atoms with E-state index in [0.717, 1.165) is 81.6 Å². The number of hydrogen-bond acceptors (Lipinski definition) is 11. The Bertz CT molecular complexity index is 2250. The monoisotopic (exact) mass is 823 g/mol. The van der Waals surface area contributed by atoms with Crippen LogP contribution >= 0.6 is 11.6 Å². The van der Waals surface area contributed by atoms with E-state index in [1.165, 1.54) is 6.07 Å². The van der Waals surface area contributed by atoms with Crippen LogP contribution in [0.3, 0.4) is 0 Å². The van der Waals surface area contributed by atoms with E-state index in [9.17, 15) is 24.0 Å². The molecule has 15 nitrogen and oxygen atoms in total. The van der Waals surface area contributed by atoms with Crippen molar-refractivity contribution in [3.05, 3.63) is 81.5 Å². The second-order valence-electron chi connectivity index (χ2n) is 16.4. The van der Waals surface area contributed by atoms with E-state index in [0.29, 0.717) is 47.3 Å². The molecule has 2 aliphatic carbocycles. The zero-order chi connectivity index (χ0) is 40.9. The maximum Gasteiger partial charge on any atom is 0.272 e. The summed E-state index contributed by atoms with van der Waals surface area (Å²) < 4.78 is 21.6. The largest absolute Gasteiger partial charge is 0.490 e. The molecule has 0 radical (unpaired) electrons. The zero-order valence-corrected chi connectivity index (χ0v) is 33.0. The molecule has 59 heavy (non-hydrogen) atoms. The molecule has 2 N–H and O–H groups in total.